The monoisotopic (exact) mass is 160 g/mol. The van der Waals surface area contributed by atoms with Crippen molar-refractivity contribution in [2.45, 2.75) is 0 Å². The lowest BCUT2D eigenvalue weighted by molar-refractivity contribution is 0.186. The summed E-state index contributed by atoms with van der Waals surface area (Å²) in [7, 11) is 0. The van der Waals surface area contributed by atoms with Crippen molar-refractivity contribution in [3.8, 4) is 0 Å². The van der Waals surface area contributed by atoms with Gasteiger partial charge in [0.05, 0.1) is 25.7 Å². The van der Waals surface area contributed by atoms with Gasteiger partial charge in [-0.1, -0.05) is 13.2 Å². The first-order chi connectivity index (χ1) is 5.33. The first kappa shape index (κ1) is 16.5. The molecule has 0 aromatic heterocycles. The standard InChI is InChI=1S/C4H6O.C2H6O2.C2H4/c1-3-5-4-2;3-1-2-4;1-2/h3-4H,1-2H2;3-4H,1-2H2;1-2H2. The molecule has 0 bridgehead atoms. The summed E-state index contributed by atoms with van der Waals surface area (Å²) >= 11 is 0. The van der Waals surface area contributed by atoms with Gasteiger partial charge in [0.1, 0.15) is 0 Å². The molecule has 0 heterocycles. The van der Waals surface area contributed by atoms with Crippen LogP contribution in [0.5, 0.6) is 0 Å². The van der Waals surface area contributed by atoms with Crippen molar-refractivity contribution >= 4 is 0 Å². The Kier molecular flexibility index (Phi) is 54.4. The molecule has 0 rings (SSSR count). The molecule has 0 saturated carbocycles. The van der Waals surface area contributed by atoms with E-state index in [-0.39, 0.29) is 13.2 Å². The first-order valence-corrected chi connectivity index (χ1v) is 2.92. The Morgan fingerprint density at radius 1 is 1.00 bits per heavy atom. The van der Waals surface area contributed by atoms with Crippen LogP contribution in [-0.4, -0.2) is 23.4 Å². The number of aliphatic hydroxyl groups excluding tert-OH is 2. The van der Waals surface area contributed by atoms with E-state index in [1.165, 1.54) is 12.5 Å². The van der Waals surface area contributed by atoms with Crippen LogP contribution in [0.3, 0.4) is 0 Å². The maximum Gasteiger partial charge on any atom is 0.0829 e. The summed E-state index contributed by atoms with van der Waals surface area (Å²) < 4.78 is 4.36. The average Bonchev–Trinajstić information content (AvgIpc) is 2.10. The van der Waals surface area contributed by atoms with Crippen LogP contribution in [-0.2, 0) is 4.74 Å². The molecule has 0 aliphatic carbocycles. The van der Waals surface area contributed by atoms with E-state index in [0.717, 1.165) is 0 Å². The van der Waals surface area contributed by atoms with Crippen LogP contribution in [0.2, 0.25) is 0 Å². The van der Waals surface area contributed by atoms with Gasteiger partial charge in [0.25, 0.3) is 0 Å². The number of aliphatic hydroxyl groups is 2. The van der Waals surface area contributed by atoms with Crippen molar-refractivity contribution in [2.24, 2.45) is 0 Å². The van der Waals surface area contributed by atoms with Crippen LogP contribution in [0.15, 0.2) is 38.8 Å². The zero-order valence-electron chi connectivity index (χ0n) is 6.70. The van der Waals surface area contributed by atoms with Gasteiger partial charge in [0.2, 0.25) is 0 Å². The Bertz CT molecular complexity index is 63.7. The SMILES string of the molecule is C=C.C=COC=C.OCCO. The van der Waals surface area contributed by atoms with Crippen LogP contribution in [0, 0.1) is 0 Å². The molecule has 3 heteroatoms. The second-order valence-electron chi connectivity index (χ2n) is 0.917. The predicted octanol–water partition coefficient (Wildman–Crippen LogP) is 1.06. The van der Waals surface area contributed by atoms with E-state index in [2.05, 4.69) is 31.1 Å². The fourth-order valence-electron chi connectivity index (χ4n) is 0.0680. The summed E-state index contributed by atoms with van der Waals surface area (Å²) in [5.74, 6) is 0. The highest BCUT2D eigenvalue weighted by atomic mass is 16.5. The molecule has 0 aromatic rings. The molecule has 0 radical (unpaired) electrons. The highest BCUT2D eigenvalue weighted by Crippen LogP contribution is 1.65. The topological polar surface area (TPSA) is 49.7 Å². The maximum absolute atomic E-state index is 7.62. The van der Waals surface area contributed by atoms with Gasteiger partial charge < -0.3 is 14.9 Å². The zero-order chi connectivity index (χ0) is 9.54. The second-order valence-corrected chi connectivity index (χ2v) is 0.917. The molecule has 2 N–H and O–H groups in total. The highest BCUT2D eigenvalue weighted by Gasteiger charge is 1.58. The van der Waals surface area contributed by atoms with Gasteiger partial charge in [0, 0.05) is 0 Å². The van der Waals surface area contributed by atoms with Crippen molar-refractivity contribution in [1.82, 2.24) is 0 Å². The minimum absolute atomic E-state index is 0.125. The Labute approximate surface area is 67.9 Å². The van der Waals surface area contributed by atoms with Crippen LogP contribution in [0.1, 0.15) is 0 Å². The van der Waals surface area contributed by atoms with Crippen LogP contribution < -0.4 is 0 Å². The number of hydrogen-bond acceptors (Lipinski definition) is 3. The second kappa shape index (κ2) is 36.3. The first-order valence-electron chi connectivity index (χ1n) is 2.92. The Balaban J connectivity index is -0.0000000965. The van der Waals surface area contributed by atoms with Crippen LogP contribution >= 0.6 is 0 Å². The molecule has 0 aromatic carbocycles. The predicted molar refractivity (Wildman–Crippen MR) is 46.9 cm³/mol. The molecule has 0 fully saturated rings. The molecule has 0 spiro atoms. The molecule has 0 aliphatic heterocycles. The minimum Gasteiger partial charge on any atom is -0.474 e. The van der Waals surface area contributed by atoms with E-state index >= 15 is 0 Å². The summed E-state index contributed by atoms with van der Waals surface area (Å²) in [5, 5.41) is 15.2. The third-order valence-corrected chi connectivity index (χ3v) is 0.292. The fraction of sp³-hybridized carbons (Fsp3) is 0.250. The minimum atomic E-state index is -0.125. The number of hydrogen-bond donors (Lipinski definition) is 2. The molecule has 0 saturated heterocycles. The van der Waals surface area contributed by atoms with E-state index in [4.69, 9.17) is 10.2 Å². The van der Waals surface area contributed by atoms with Crippen LogP contribution in [0.4, 0.5) is 0 Å². The van der Waals surface area contributed by atoms with Crippen molar-refractivity contribution < 1.29 is 14.9 Å². The van der Waals surface area contributed by atoms with E-state index in [1.807, 2.05) is 0 Å². The molecule has 0 aliphatic rings. The molecular formula is C8H16O3. The number of ether oxygens (including phenoxy) is 1. The van der Waals surface area contributed by atoms with Gasteiger partial charge in [-0.15, -0.1) is 13.2 Å². The lowest BCUT2D eigenvalue weighted by Crippen LogP contribution is -1.85. The van der Waals surface area contributed by atoms with Gasteiger partial charge in [-0.05, 0) is 0 Å². The van der Waals surface area contributed by atoms with Crippen molar-refractivity contribution in [3.63, 3.8) is 0 Å². The third-order valence-electron chi connectivity index (χ3n) is 0.292. The molecular weight excluding hydrogens is 144 g/mol. The summed E-state index contributed by atoms with van der Waals surface area (Å²) in [5.41, 5.74) is 0. The van der Waals surface area contributed by atoms with Gasteiger partial charge in [-0.25, -0.2) is 0 Å². The van der Waals surface area contributed by atoms with E-state index in [1.54, 1.807) is 0 Å². The van der Waals surface area contributed by atoms with Crippen molar-refractivity contribution in [1.29, 1.82) is 0 Å². The summed E-state index contributed by atoms with van der Waals surface area (Å²) in [6.45, 7) is 12.3. The Morgan fingerprint density at radius 3 is 1.27 bits per heavy atom. The lowest BCUT2D eigenvalue weighted by atomic mass is 10.8. The maximum atomic E-state index is 7.62. The molecule has 66 valence electrons. The smallest absolute Gasteiger partial charge is 0.0829 e. The van der Waals surface area contributed by atoms with Crippen molar-refractivity contribution in [2.75, 3.05) is 13.2 Å². The molecule has 0 atom stereocenters. The van der Waals surface area contributed by atoms with Gasteiger partial charge in [0.15, 0.2) is 0 Å². The quantitative estimate of drug-likeness (QED) is 0.479. The highest BCUT2D eigenvalue weighted by molar-refractivity contribution is 4.57. The summed E-state index contributed by atoms with van der Waals surface area (Å²) in [6, 6.07) is 0. The largest absolute Gasteiger partial charge is 0.474 e. The summed E-state index contributed by atoms with van der Waals surface area (Å²) in [4.78, 5) is 0. The Morgan fingerprint density at radius 2 is 1.27 bits per heavy atom. The van der Waals surface area contributed by atoms with Gasteiger partial charge in [-0.3, -0.25) is 0 Å². The molecule has 3 nitrogen and oxygen atoms in total. The van der Waals surface area contributed by atoms with Gasteiger partial charge >= 0.3 is 0 Å². The molecule has 11 heavy (non-hydrogen) atoms. The van der Waals surface area contributed by atoms with E-state index < -0.39 is 0 Å². The average molecular weight is 160 g/mol. The normalized spacial score (nSPS) is 5.64. The Hall–Kier alpha value is -1.06. The number of rotatable bonds is 3. The molecule has 0 amide bonds. The van der Waals surface area contributed by atoms with E-state index in [9.17, 15) is 0 Å². The van der Waals surface area contributed by atoms with Crippen LogP contribution in [0.25, 0.3) is 0 Å². The fourth-order valence-corrected chi connectivity index (χ4v) is 0.0680. The zero-order valence-corrected chi connectivity index (χ0v) is 6.70. The molecule has 0 unspecified atom stereocenters. The van der Waals surface area contributed by atoms with Crippen molar-refractivity contribution in [3.05, 3.63) is 38.8 Å². The lowest BCUT2D eigenvalue weighted by Gasteiger charge is -1.76. The van der Waals surface area contributed by atoms with Gasteiger partial charge in [-0.2, -0.15) is 0 Å². The third kappa shape index (κ3) is 114. The van der Waals surface area contributed by atoms with E-state index in [0.29, 0.717) is 0 Å². The summed E-state index contributed by atoms with van der Waals surface area (Å²) in [6.07, 6.45) is 2.62.